The highest BCUT2D eigenvalue weighted by atomic mass is 35.5. The van der Waals surface area contributed by atoms with Gasteiger partial charge in [0.1, 0.15) is 5.75 Å². The molecule has 1 amide bonds. The molecule has 0 bridgehead atoms. The minimum Gasteiger partial charge on any atom is -0.497 e. The molecular weight excluding hydrogens is 331 g/mol. The Morgan fingerprint density at radius 3 is 2.39 bits per heavy atom. The first kappa shape index (κ1) is 17.1. The normalized spacial score (nSPS) is 11.2. The van der Waals surface area contributed by atoms with E-state index in [4.69, 9.17) is 16.3 Å². The molecule has 0 aliphatic rings. The minimum atomic E-state index is -4.60. The molecule has 0 saturated carbocycles. The van der Waals surface area contributed by atoms with Crippen LogP contribution in [-0.2, 0) is 17.4 Å². The van der Waals surface area contributed by atoms with Crippen LogP contribution in [0.1, 0.15) is 11.1 Å². The predicted octanol–water partition coefficient (Wildman–Crippen LogP) is 4.55. The van der Waals surface area contributed by atoms with Crippen LogP contribution in [0.2, 0.25) is 5.02 Å². The minimum absolute atomic E-state index is 0.0505. The molecule has 122 valence electrons. The van der Waals surface area contributed by atoms with Crippen molar-refractivity contribution in [2.75, 3.05) is 12.4 Å². The molecule has 0 aromatic heterocycles. The standard InChI is InChI=1S/C16H13ClF3NO2/c1-23-12-5-2-10(3-6-12)8-15(22)21-14-7-4-11(17)9-13(14)16(18,19)20/h2-7,9H,8H2,1H3,(H,21,22). The average Bonchev–Trinajstić information content (AvgIpc) is 2.49. The number of hydrogen-bond donors (Lipinski definition) is 1. The van der Waals surface area contributed by atoms with Crippen LogP contribution in [-0.4, -0.2) is 13.0 Å². The van der Waals surface area contributed by atoms with Gasteiger partial charge in [0, 0.05) is 5.02 Å². The van der Waals surface area contributed by atoms with Crippen LogP contribution in [0.25, 0.3) is 0 Å². The lowest BCUT2D eigenvalue weighted by Crippen LogP contribution is -2.18. The quantitative estimate of drug-likeness (QED) is 0.884. The lowest BCUT2D eigenvalue weighted by molar-refractivity contribution is -0.137. The van der Waals surface area contributed by atoms with Gasteiger partial charge in [-0.05, 0) is 35.9 Å². The lowest BCUT2D eigenvalue weighted by Gasteiger charge is -2.14. The van der Waals surface area contributed by atoms with Crippen molar-refractivity contribution in [1.82, 2.24) is 0 Å². The topological polar surface area (TPSA) is 38.3 Å². The zero-order valence-corrected chi connectivity index (χ0v) is 12.8. The zero-order chi connectivity index (χ0) is 17.0. The summed E-state index contributed by atoms with van der Waals surface area (Å²) >= 11 is 5.59. The Morgan fingerprint density at radius 1 is 1.17 bits per heavy atom. The monoisotopic (exact) mass is 343 g/mol. The van der Waals surface area contributed by atoms with E-state index < -0.39 is 17.6 Å². The number of amides is 1. The van der Waals surface area contributed by atoms with Crippen molar-refractivity contribution in [3.8, 4) is 5.75 Å². The van der Waals surface area contributed by atoms with E-state index in [1.54, 1.807) is 24.3 Å². The molecule has 0 saturated heterocycles. The Hall–Kier alpha value is -2.21. The van der Waals surface area contributed by atoms with Gasteiger partial charge in [-0.1, -0.05) is 23.7 Å². The van der Waals surface area contributed by atoms with E-state index in [-0.39, 0.29) is 17.1 Å². The number of halogens is 4. The molecule has 0 aliphatic carbocycles. The van der Waals surface area contributed by atoms with Crippen LogP contribution in [0.15, 0.2) is 42.5 Å². The van der Waals surface area contributed by atoms with Gasteiger partial charge in [0.05, 0.1) is 24.8 Å². The van der Waals surface area contributed by atoms with Gasteiger partial charge in [-0.3, -0.25) is 4.79 Å². The first-order chi connectivity index (χ1) is 10.8. The predicted molar refractivity (Wildman–Crippen MR) is 81.8 cm³/mol. The molecule has 0 aliphatic heterocycles. The third kappa shape index (κ3) is 4.63. The van der Waals surface area contributed by atoms with Crippen LogP contribution < -0.4 is 10.1 Å². The fourth-order valence-corrected chi connectivity index (χ4v) is 2.16. The van der Waals surface area contributed by atoms with E-state index in [1.807, 2.05) is 0 Å². The molecule has 0 radical (unpaired) electrons. The Morgan fingerprint density at radius 2 is 1.83 bits per heavy atom. The third-order valence-electron chi connectivity index (χ3n) is 3.08. The number of carbonyl (C=O) groups is 1. The number of ether oxygens (including phenoxy) is 1. The van der Waals surface area contributed by atoms with E-state index >= 15 is 0 Å². The molecule has 0 atom stereocenters. The average molecular weight is 344 g/mol. The van der Waals surface area contributed by atoms with Gasteiger partial charge in [-0.15, -0.1) is 0 Å². The molecule has 23 heavy (non-hydrogen) atoms. The van der Waals surface area contributed by atoms with Crippen molar-refractivity contribution in [2.45, 2.75) is 12.6 Å². The molecule has 0 fully saturated rings. The van der Waals surface area contributed by atoms with Gasteiger partial charge in [0.25, 0.3) is 0 Å². The molecule has 0 heterocycles. The summed E-state index contributed by atoms with van der Waals surface area (Å²) in [6.07, 6.45) is -4.66. The summed E-state index contributed by atoms with van der Waals surface area (Å²) in [6.45, 7) is 0. The fraction of sp³-hybridized carbons (Fsp3) is 0.188. The van der Waals surface area contributed by atoms with E-state index in [0.29, 0.717) is 11.3 Å². The number of benzene rings is 2. The highest BCUT2D eigenvalue weighted by molar-refractivity contribution is 6.30. The Labute approximate surface area is 136 Å². The molecule has 7 heteroatoms. The summed E-state index contributed by atoms with van der Waals surface area (Å²) < 4.78 is 43.9. The fourth-order valence-electron chi connectivity index (χ4n) is 1.98. The van der Waals surface area contributed by atoms with Gasteiger partial charge in [-0.25, -0.2) is 0 Å². The van der Waals surface area contributed by atoms with Crippen LogP contribution >= 0.6 is 11.6 Å². The highest BCUT2D eigenvalue weighted by Crippen LogP contribution is 2.36. The van der Waals surface area contributed by atoms with Crippen LogP contribution in [0.5, 0.6) is 5.75 Å². The van der Waals surface area contributed by atoms with E-state index in [0.717, 1.165) is 12.1 Å². The molecule has 2 aromatic carbocycles. The summed E-state index contributed by atoms with van der Waals surface area (Å²) in [5.74, 6) is 0.0780. The van der Waals surface area contributed by atoms with Crippen LogP contribution in [0, 0.1) is 0 Å². The lowest BCUT2D eigenvalue weighted by atomic mass is 10.1. The largest absolute Gasteiger partial charge is 0.497 e. The maximum Gasteiger partial charge on any atom is 0.418 e. The molecule has 0 spiro atoms. The maximum absolute atomic E-state index is 13.0. The molecule has 2 aromatic rings. The Balaban J connectivity index is 2.13. The van der Waals surface area contributed by atoms with Gasteiger partial charge in [0.15, 0.2) is 0 Å². The van der Waals surface area contributed by atoms with Crippen molar-refractivity contribution < 1.29 is 22.7 Å². The first-order valence-electron chi connectivity index (χ1n) is 6.59. The van der Waals surface area contributed by atoms with Crippen LogP contribution in [0.4, 0.5) is 18.9 Å². The molecule has 3 nitrogen and oxygen atoms in total. The Bertz CT molecular complexity index is 699. The number of methoxy groups -OCH3 is 1. The van der Waals surface area contributed by atoms with Crippen LogP contribution in [0.3, 0.4) is 0 Å². The number of carbonyl (C=O) groups excluding carboxylic acids is 1. The van der Waals surface area contributed by atoms with Crippen molar-refractivity contribution >= 4 is 23.2 Å². The van der Waals surface area contributed by atoms with Gasteiger partial charge >= 0.3 is 6.18 Å². The third-order valence-corrected chi connectivity index (χ3v) is 3.32. The second kappa shape index (κ2) is 6.91. The summed E-state index contributed by atoms with van der Waals surface area (Å²) in [5, 5.41) is 2.22. The Kier molecular flexibility index (Phi) is 5.15. The van der Waals surface area contributed by atoms with Crippen molar-refractivity contribution in [1.29, 1.82) is 0 Å². The van der Waals surface area contributed by atoms with Crippen molar-refractivity contribution in [3.05, 3.63) is 58.6 Å². The summed E-state index contributed by atoms with van der Waals surface area (Å²) in [5.41, 5.74) is -0.640. The number of hydrogen-bond acceptors (Lipinski definition) is 2. The second-order valence-electron chi connectivity index (χ2n) is 4.76. The number of alkyl halides is 3. The number of anilines is 1. The van der Waals surface area contributed by atoms with E-state index in [1.165, 1.54) is 13.2 Å². The summed E-state index contributed by atoms with van der Waals surface area (Å²) in [4.78, 5) is 12.0. The molecule has 0 unspecified atom stereocenters. The zero-order valence-electron chi connectivity index (χ0n) is 12.1. The van der Waals surface area contributed by atoms with E-state index in [9.17, 15) is 18.0 Å². The second-order valence-corrected chi connectivity index (χ2v) is 5.20. The maximum atomic E-state index is 13.0. The summed E-state index contributed by atoms with van der Waals surface area (Å²) in [6, 6.07) is 9.90. The van der Waals surface area contributed by atoms with Gasteiger partial charge < -0.3 is 10.1 Å². The SMILES string of the molecule is COc1ccc(CC(=O)Nc2ccc(Cl)cc2C(F)(F)F)cc1. The van der Waals surface area contributed by atoms with Gasteiger partial charge in [-0.2, -0.15) is 13.2 Å². The number of nitrogens with one attached hydrogen (secondary N) is 1. The highest BCUT2D eigenvalue weighted by Gasteiger charge is 2.34. The van der Waals surface area contributed by atoms with Gasteiger partial charge in [0.2, 0.25) is 5.91 Å². The van der Waals surface area contributed by atoms with E-state index in [2.05, 4.69) is 5.32 Å². The molecule has 2 rings (SSSR count). The number of rotatable bonds is 4. The first-order valence-corrected chi connectivity index (χ1v) is 6.97. The molecule has 1 N–H and O–H groups in total. The summed E-state index contributed by atoms with van der Waals surface area (Å²) in [7, 11) is 1.51. The smallest absolute Gasteiger partial charge is 0.418 e. The van der Waals surface area contributed by atoms with Crippen molar-refractivity contribution in [2.24, 2.45) is 0 Å². The molecular formula is C16H13ClF3NO2. The van der Waals surface area contributed by atoms with Crippen molar-refractivity contribution in [3.63, 3.8) is 0 Å².